The van der Waals surface area contributed by atoms with E-state index in [0.717, 1.165) is 11.0 Å². The lowest BCUT2D eigenvalue weighted by molar-refractivity contribution is 0.865. The van der Waals surface area contributed by atoms with Crippen LogP contribution < -0.4 is 0 Å². The zero-order chi connectivity index (χ0) is 10.3. The number of pyridine rings is 1. The predicted octanol–water partition coefficient (Wildman–Crippen LogP) is 0.829. The standard InChI is InChI=1S/C6H5N3.C3H3N3/c1-2-5-4-8-9-6(5)7-3-1;1-2-4-6-5-3-1/h1-4H,(H,7,8,9);1-3H. The van der Waals surface area contributed by atoms with E-state index in [1.54, 1.807) is 30.9 Å². The molecule has 0 aliphatic rings. The molecule has 3 heterocycles. The van der Waals surface area contributed by atoms with E-state index < -0.39 is 0 Å². The molecule has 74 valence electrons. The van der Waals surface area contributed by atoms with Crippen molar-refractivity contribution in [1.29, 1.82) is 0 Å². The molecule has 15 heavy (non-hydrogen) atoms. The number of fused-ring (bicyclic) bond motifs is 1. The first-order valence-corrected chi connectivity index (χ1v) is 4.29. The first-order valence-electron chi connectivity index (χ1n) is 4.29. The molecular formula is C9H8N6. The van der Waals surface area contributed by atoms with Crippen LogP contribution in [0.15, 0.2) is 43.0 Å². The fourth-order valence-electron chi connectivity index (χ4n) is 0.983. The first-order chi connectivity index (χ1) is 7.47. The fraction of sp³-hybridized carbons (Fsp3) is 0. The molecule has 6 heteroatoms. The molecule has 0 fully saturated rings. The molecule has 0 saturated carbocycles. The Balaban J connectivity index is 0.000000124. The summed E-state index contributed by atoms with van der Waals surface area (Å²) in [4.78, 5) is 4.02. The van der Waals surface area contributed by atoms with Crippen LogP contribution in [0.25, 0.3) is 11.0 Å². The van der Waals surface area contributed by atoms with Crippen molar-refractivity contribution in [2.75, 3.05) is 0 Å². The number of aromatic amines is 1. The van der Waals surface area contributed by atoms with Crippen LogP contribution in [0.2, 0.25) is 0 Å². The second kappa shape index (κ2) is 4.75. The van der Waals surface area contributed by atoms with Crippen LogP contribution >= 0.6 is 0 Å². The summed E-state index contributed by atoms with van der Waals surface area (Å²) in [6.45, 7) is 0. The van der Waals surface area contributed by atoms with E-state index in [-0.39, 0.29) is 0 Å². The third-order valence-corrected chi connectivity index (χ3v) is 1.62. The lowest BCUT2D eigenvalue weighted by Crippen LogP contribution is -1.78. The average molecular weight is 200 g/mol. The van der Waals surface area contributed by atoms with Gasteiger partial charge in [0.15, 0.2) is 5.65 Å². The second-order valence-corrected chi connectivity index (χ2v) is 2.62. The number of hydrogen-bond acceptors (Lipinski definition) is 5. The molecule has 3 aromatic rings. The summed E-state index contributed by atoms with van der Waals surface area (Å²) < 4.78 is 0. The van der Waals surface area contributed by atoms with Crippen LogP contribution in [-0.4, -0.2) is 30.6 Å². The van der Waals surface area contributed by atoms with E-state index >= 15 is 0 Å². The van der Waals surface area contributed by atoms with Crippen molar-refractivity contribution in [2.24, 2.45) is 0 Å². The molecule has 6 nitrogen and oxygen atoms in total. The number of hydrogen-bond donors (Lipinski definition) is 1. The molecule has 0 atom stereocenters. The Bertz CT molecular complexity index is 449. The summed E-state index contributed by atoms with van der Waals surface area (Å²) in [6, 6.07) is 5.57. The molecule has 0 saturated heterocycles. The lowest BCUT2D eigenvalue weighted by Gasteiger charge is -1.80. The van der Waals surface area contributed by atoms with Gasteiger partial charge in [-0.15, -0.1) is 10.2 Å². The number of aromatic nitrogens is 6. The van der Waals surface area contributed by atoms with Crippen molar-refractivity contribution < 1.29 is 0 Å². The number of nitrogens with one attached hydrogen (secondary N) is 1. The molecule has 3 rings (SSSR count). The summed E-state index contributed by atoms with van der Waals surface area (Å²) in [7, 11) is 0. The zero-order valence-electron chi connectivity index (χ0n) is 7.78. The summed E-state index contributed by atoms with van der Waals surface area (Å²) in [5.41, 5.74) is 0.845. The van der Waals surface area contributed by atoms with Gasteiger partial charge in [0.25, 0.3) is 0 Å². The van der Waals surface area contributed by atoms with E-state index in [1.807, 2.05) is 12.1 Å². The molecule has 0 aliphatic heterocycles. The molecule has 0 amide bonds. The Morgan fingerprint density at radius 2 is 1.87 bits per heavy atom. The SMILES string of the molecule is c1cnc2[nH]ncc2c1.c1cnnnc1. The van der Waals surface area contributed by atoms with Crippen LogP contribution in [0.4, 0.5) is 0 Å². The highest BCUT2D eigenvalue weighted by atomic mass is 15.3. The van der Waals surface area contributed by atoms with Crippen molar-refractivity contribution in [1.82, 2.24) is 30.6 Å². The molecule has 0 aliphatic carbocycles. The number of H-pyrrole nitrogens is 1. The van der Waals surface area contributed by atoms with E-state index in [1.165, 1.54) is 0 Å². The van der Waals surface area contributed by atoms with Gasteiger partial charge in [-0.25, -0.2) is 4.98 Å². The highest BCUT2D eigenvalue weighted by Gasteiger charge is 1.89. The third kappa shape index (κ3) is 2.53. The summed E-state index contributed by atoms with van der Waals surface area (Å²) in [6.07, 6.45) is 6.64. The van der Waals surface area contributed by atoms with Crippen molar-refractivity contribution in [2.45, 2.75) is 0 Å². The maximum absolute atomic E-state index is 4.02. The van der Waals surface area contributed by atoms with Gasteiger partial charge in [-0.05, 0) is 23.4 Å². The molecule has 1 N–H and O–H groups in total. The van der Waals surface area contributed by atoms with Gasteiger partial charge in [-0.1, -0.05) is 0 Å². The summed E-state index contributed by atoms with van der Waals surface area (Å²) >= 11 is 0. The Morgan fingerprint density at radius 1 is 1.00 bits per heavy atom. The van der Waals surface area contributed by atoms with Crippen molar-refractivity contribution in [3.8, 4) is 0 Å². The summed E-state index contributed by atoms with van der Waals surface area (Å²) in [5, 5.41) is 17.8. The maximum Gasteiger partial charge on any atom is 0.155 e. The Kier molecular flexibility index (Phi) is 2.91. The van der Waals surface area contributed by atoms with Gasteiger partial charge in [0.1, 0.15) is 0 Å². The van der Waals surface area contributed by atoms with Gasteiger partial charge >= 0.3 is 0 Å². The van der Waals surface area contributed by atoms with Crippen LogP contribution in [-0.2, 0) is 0 Å². The predicted molar refractivity (Wildman–Crippen MR) is 53.7 cm³/mol. The largest absolute Gasteiger partial charge is 0.261 e. The molecule has 3 aromatic heterocycles. The van der Waals surface area contributed by atoms with Gasteiger partial charge in [0, 0.05) is 11.6 Å². The van der Waals surface area contributed by atoms with Gasteiger partial charge in [0.05, 0.1) is 18.6 Å². The monoisotopic (exact) mass is 200 g/mol. The second-order valence-electron chi connectivity index (χ2n) is 2.62. The quantitative estimate of drug-likeness (QED) is 0.581. The molecule has 0 unspecified atom stereocenters. The van der Waals surface area contributed by atoms with Gasteiger partial charge in [-0.3, -0.25) is 5.10 Å². The van der Waals surface area contributed by atoms with Gasteiger partial charge < -0.3 is 0 Å². The Morgan fingerprint density at radius 3 is 2.47 bits per heavy atom. The number of rotatable bonds is 0. The van der Waals surface area contributed by atoms with E-state index in [0.29, 0.717) is 0 Å². The van der Waals surface area contributed by atoms with Gasteiger partial charge in [-0.2, -0.15) is 5.10 Å². The third-order valence-electron chi connectivity index (χ3n) is 1.62. The average Bonchev–Trinajstić information content (AvgIpc) is 2.80. The first kappa shape index (κ1) is 9.20. The normalized spacial score (nSPS) is 9.33. The number of nitrogens with zero attached hydrogens (tertiary/aromatic N) is 5. The summed E-state index contributed by atoms with van der Waals surface area (Å²) in [5.74, 6) is 0. The highest BCUT2D eigenvalue weighted by molar-refractivity contribution is 5.72. The highest BCUT2D eigenvalue weighted by Crippen LogP contribution is 2.03. The minimum absolute atomic E-state index is 0.845. The zero-order valence-corrected chi connectivity index (χ0v) is 7.78. The van der Waals surface area contributed by atoms with Crippen LogP contribution in [0.3, 0.4) is 0 Å². The van der Waals surface area contributed by atoms with Crippen LogP contribution in [0.1, 0.15) is 0 Å². The maximum atomic E-state index is 4.02. The molecule has 0 radical (unpaired) electrons. The topological polar surface area (TPSA) is 80.2 Å². The lowest BCUT2D eigenvalue weighted by atomic mass is 10.4. The van der Waals surface area contributed by atoms with E-state index in [9.17, 15) is 0 Å². The van der Waals surface area contributed by atoms with Crippen molar-refractivity contribution >= 4 is 11.0 Å². The van der Waals surface area contributed by atoms with E-state index in [2.05, 4.69) is 30.6 Å². The molecule has 0 spiro atoms. The van der Waals surface area contributed by atoms with Crippen LogP contribution in [0.5, 0.6) is 0 Å². The fourth-order valence-corrected chi connectivity index (χ4v) is 0.983. The van der Waals surface area contributed by atoms with Crippen molar-refractivity contribution in [3.05, 3.63) is 43.0 Å². The van der Waals surface area contributed by atoms with E-state index in [4.69, 9.17) is 0 Å². The Hall–Kier alpha value is -2.37. The Labute approximate surface area is 85.4 Å². The minimum atomic E-state index is 0.845. The molecular weight excluding hydrogens is 192 g/mol. The van der Waals surface area contributed by atoms with Crippen LogP contribution in [0, 0.1) is 0 Å². The minimum Gasteiger partial charge on any atom is -0.261 e. The van der Waals surface area contributed by atoms with Gasteiger partial charge in [0.2, 0.25) is 0 Å². The smallest absolute Gasteiger partial charge is 0.155 e. The van der Waals surface area contributed by atoms with Crippen molar-refractivity contribution in [3.63, 3.8) is 0 Å². The molecule has 0 aromatic carbocycles. The molecule has 0 bridgehead atoms.